The summed E-state index contributed by atoms with van der Waals surface area (Å²) in [5.74, 6) is -1.78. The molecule has 5 atom stereocenters. The quantitative estimate of drug-likeness (QED) is 0.111. The Morgan fingerprint density at radius 3 is 1.61 bits per heavy atom. The van der Waals surface area contributed by atoms with Gasteiger partial charge in [-0.2, -0.15) is 0 Å². The zero-order valence-corrected chi connectivity index (χ0v) is 31.4. The van der Waals surface area contributed by atoms with E-state index in [2.05, 4.69) is 20.9 Å². The maximum absolute atomic E-state index is 14.4. The molecule has 12 heteroatoms. The van der Waals surface area contributed by atoms with Gasteiger partial charge in [0.25, 0.3) is 0 Å². The fraction of sp³-hybridized carbons (Fsp3) is 0.357. The van der Waals surface area contributed by atoms with Crippen LogP contribution in [-0.4, -0.2) is 71.5 Å². The molecule has 4 rings (SSSR count). The molecule has 4 N–H and O–H groups in total. The third kappa shape index (κ3) is 11.9. The molecule has 0 spiro atoms. The summed E-state index contributed by atoms with van der Waals surface area (Å²) in [6.45, 7) is 7.25. The van der Waals surface area contributed by atoms with E-state index in [-0.39, 0.29) is 31.3 Å². The molecule has 286 valence electrons. The number of aliphatic hydroxyl groups excluding tert-OH is 1. The predicted octanol–water partition coefficient (Wildman–Crippen LogP) is 5.45. The number of carbonyl (C=O) groups excluding carboxylic acids is 4. The lowest BCUT2D eigenvalue weighted by Crippen LogP contribution is -2.61. The van der Waals surface area contributed by atoms with Gasteiger partial charge in [-0.25, -0.2) is 9.59 Å². The summed E-state index contributed by atoms with van der Waals surface area (Å²) in [6, 6.07) is 27.2. The number of hydrogen-bond acceptors (Lipinski definition) is 8. The SMILES string of the molecule is COC(=O)N(c1ccncc1)C(C(=O)NC(Cc1ccccc1)C(O)C(Cc1ccccc1)NC(=O)C(NC(=O)OCc1ccccc1)C(C)C)C(C)C. The number of methoxy groups -OCH3 is 1. The molecule has 54 heavy (non-hydrogen) atoms. The van der Waals surface area contributed by atoms with E-state index in [1.54, 1.807) is 26.0 Å². The predicted molar refractivity (Wildman–Crippen MR) is 206 cm³/mol. The summed E-state index contributed by atoms with van der Waals surface area (Å²) in [5.41, 5.74) is 2.87. The van der Waals surface area contributed by atoms with E-state index >= 15 is 0 Å². The number of anilines is 1. The molecule has 0 radical (unpaired) electrons. The molecule has 3 aromatic carbocycles. The Balaban J connectivity index is 1.64. The van der Waals surface area contributed by atoms with Gasteiger partial charge in [-0.1, -0.05) is 119 Å². The average molecular weight is 738 g/mol. The van der Waals surface area contributed by atoms with E-state index < -0.39 is 54.3 Å². The maximum Gasteiger partial charge on any atom is 0.414 e. The van der Waals surface area contributed by atoms with Gasteiger partial charge >= 0.3 is 12.2 Å². The molecule has 0 fully saturated rings. The Morgan fingerprint density at radius 2 is 1.15 bits per heavy atom. The Labute approximate surface area is 317 Å². The van der Waals surface area contributed by atoms with Crippen LogP contribution in [0.2, 0.25) is 0 Å². The van der Waals surface area contributed by atoms with Crippen LogP contribution in [0, 0.1) is 11.8 Å². The second-order valence-corrected chi connectivity index (χ2v) is 13.8. The van der Waals surface area contributed by atoms with Crippen LogP contribution in [0.3, 0.4) is 0 Å². The van der Waals surface area contributed by atoms with Crippen molar-refractivity contribution in [1.29, 1.82) is 0 Å². The van der Waals surface area contributed by atoms with Crippen molar-refractivity contribution in [3.63, 3.8) is 0 Å². The minimum atomic E-state index is -1.34. The van der Waals surface area contributed by atoms with Gasteiger partial charge in [-0.05, 0) is 53.5 Å². The van der Waals surface area contributed by atoms with Gasteiger partial charge < -0.3 is 30.5 Å². The topological polar surface area (TPSA) is 159 Å². The van der Waals surface area contributed by atoms with Gasteiger partial charge in [0.1, 0.15) is 18.7 Å². The molecule has 0 saturated carbocycles. The van der Waals surface area contributed by atoms with Crippen molar-refractivity contribution < 1.29 is 33.8 Å². The lowest BCUT2D eigenvalue weighted by Gasteiger charge is -2.36. The van der Waals surface area contributed by atoms with E-state index in [0.29, 0.717) is 5.69 Å². The minimum absolute atomic E-state index is 0.0290. The highest BCUT2D eigenvalue weighted by molar-refractivity contribution is 5.97. The van der Waals surface area contributed by atoms with Crippen LogP contribution in [-0.2, 0) is 38.5 Å². The summed E-state index contributed by atoms with van der Waals surface area (Å²) in [6.07, 6.45) is 0.604. The molecule has 12 nitrogen and oxygen atoms in total. The molecule has 1 heterocycles. The van der Waals surface area contributed by atoms with Crippen molar-refractivity contribution in [2.45, 2.75) is 77.4 Å². The second kappa shape index (κ2) is 20.5. The lowest BCUT2D eigenvalue weighted by atomic mass is 9.91. The Morgan fingerprint density at radius 1 is 0.667 bits per heavy atom. The zero-order valence-electron chi connectivity index (χ0n) is 31.4. The van der Waals surface area contributed by atoms with Crippen LogP contribution >= 0.6 is 0 Å². The molecule has 0 aliphatic carbocycles. The number of carbonyl (C=O) groups is 4. The van der Waals surface area contributed by atoms with Crippen molar-refractivity contribution in [1.82, 2.24) is 20.9 Å². The van der Waals surface area contributed by atoms with Gasteiger partial charge in [0.05, 0.1) is 31.0 Å². The summed E-state index contributed by atoms with van der Waals surface area (Å²) in [7, 11) is 1.24. The molecule has 0 saturated heterocycles. The van der Waals surface area contributed by atoms with Crippen LogP contribution in [0.4, 0.5) is 15.3 Å². The van der Waals surface area contributed by atoms with Crippen LogP contribution in [0.25, 0.3) is 0 Å². The highest BCUT2D eigenvalue weighted by atomic mass is 16.5. The normalized spacial score (nSPS) is 13.9. The summed E-state index contributed by atoms with van der Waals surface area (Å²) >= 11 is 0. The lowest BCUT2D eigenvalue weighted by molar-refractivity contribution is -0.126. The zero-order chi connectivity index (χ0) is 39.0. The molecular weight excluding hydrogens is 686 g/mol. The smallest absolute Gasteiger partial charge is 0.414 e. The fourth-order valence-corrected chi connectivity index (χ4v) is 6.20. The molecular formula is C42H51N5O7. The van der Waals surface area contributed by atoms with Crippen LogP contribution < -0.4 is 20.9 Å². The Hall–Kier alpha value is -5.75. The van der Waals surface area contributed by atoms with E-state index in [1.807, 2.05) is 105 Å². The first-order chi connectivity index (χ1) is 26.0. The molecule has 5 unspecified atom stereocenters. The number of rotatable bonds is 17. The first-order valence-corrected chi connectivity index (χ1v) is 18.1. The second-order valence-electron chi connectivity index (χ2n) is 13.8. The summed E-state index contributed by atoms with van der Waals surface area (Å²) in [5, 5.41) is 21.0. The molecule has 0 aliphatic heterocycles. The van der Waals surface area contributed by atoms with Crippen LogP contribution in [0.5, 0.6) is 0 Å². The highest BCUT2D eigenvalue weighted by Crippen LogP contribution is 2.23. The van der Waals surface area contributed by atoms with Gasteiger partial charge in [-0.15, -0.1) is 0 Å². The number of aliphatic hydroxyl groups is 1. The van der Waals surface area contributed by atoms with E-state index in [9.17, 15) is 24.3 Å². The Kier molecular flexibility index (Phi) is 15.6. The van der Waals surface area contributed by atoms with Gasteiger partial charge in [0, 0.05) is 12.4 Å². The summed E-state index contributed by atoms with van der Waals surface area (Å²) < 4.78 is 10.5. The molecule has 4 aromatic rings. The van der Waals surface area contributed by atoms with Crippen molar-refractivity contribution in [3.05, 3.63) is 132 Å². The average Bonchev–Trinajstić information content (AvgIpc) is 3.18. The number of aromatic nitrogens is 1. The van der Waals surface area contributed by atoms with Crippen molar-refractivity contribution in [3.8, 4) is 0 Å². The third-order valence-corrected chi connectivity index (χ3v) is 9.00. The van der Waals surface area contributed by atoms with E-state index in [1.165, 1.54) is 24.4 Å². The number of benzene rings is 3. The first kappa shape index (κ1) is 41.0. The van der Waals surface area contributed by atoms with Crippen LogP contribution in [0.15, 0.2) is 116 Å². The van der Waals surface area contributed by atoms with Gasteiger partial charge in [0.15, 0.2) is 0 Å². The number of hydrogen-bond donors (Lipinski definition) is 4. The summed E-state index contributed by atoms with van der Waals surface area (Å²) in [4.78, 5) is 59.8. The highest BCUT2D eigenvalue weighted by Gasteiger charge is 2.39. The monoisotopic (exact) mass is 737 g/mol. The first-order valence-electron chi connectivity index (χ1n) is 18.1. The number of ether oxygens (including phenoxy) is 2. The molecule has 0 aliphatic rings. The third-order valence-electron chi connectivity index (χ3n) is 9.00. The molecule has 0 bridgehead atoms. The van der Waals surface area contributed by atoms with Crippen molar-refractivity contribution in [2.24, 2.45) is 11.8 Å². The van der Waals surface area contributed by atoms with Crippen LogP contribution in [0.1, 0.15) is 44.4 Å². The standard InChI is InChI=1S/C42H51N5O7/c1-28(2)36(46-41(51)54-27-32-19-13-8-14-20-32)39(49)44-34(25-30-15-9-6-10-16-30)38(48)35(26-31-17-11-7-12-18-31)45-40(50)37(29(3)4)47(42(52)53-5)33-21-23-43-24-22-33/h6-24,28-29,34-38,48H,25-27H2,1-5H3,(H,44,49)(H,45,50)(H,46,51). The van der Waals surface area contributed by atoms with E-state index in [4.69, 9.17) is 9.47 Å². The largest absolute Gasteiger partial charge is 0.452 e. The number of pyridine rings is 1. The number of nitrogens with one attached hydrogen (secondary N) is 3. The van der Waals surface area contributed by atoms with Gasteiger partial charge in [0.2, 0.25) is 11.8 Å². The molecule has 1 aromatic heterocycles. The minimum Gasteiger partial charge on any atom is -0.452 e. The number of alkyl carbamates (subject to hydrolysis) is 1. The number of nitrogens with zero attached hydrogens (tertiary/aromatic N) is 2. The fourth-order valence-electron chi connectivity index (χ4n) is 6.20. The van der Waals surface area contributed by atoms with Crippen molar-refractivity contribution >= 4 is 29.7 Å². The Bertz CT molecular complexity index is 1760. The van der Waals surface area contributed by atoms with Crippen molar-refractivity contribution in [2.75, 3.05) is 12.0 Å². The van der Waals surface area contributed by atoms with Gasteiger partial charge in [-0.3, -0.25) is 19.5 Å². The maximum atomic E-state index is 14.4. The number of amides is 4. The molecule has 4 amide bonds. The van der Waals surface area contributed by atoms with E-state index in [0.717, 1.165) is 16.7 Å².